The van der Waals surface area contributed by atoms with Crippen LogP contribution >= 0.6 is 0 Å². The first kappa shape index (κ1) is 15.2. The normalized spacial score (nSPS) is 15.0. The third-order valence-electron chi connectivity index (χ3n) is 3.33. The van der Waals surface area contributed by atoms with Gasteiger partial charge in [-0.25, -0.2) is 4.98 Å². The Kier molecular flexibility index (Phi) is 6.36. The zero-order chi connectivity index (χ0) is 13.5. The summed E-state index contributed by atoms with van der Waals surface area (Å²) in [5.74, 6) is 1.62. The number of nitrogens with one attached hydrogen (secondary N) is 1. The minimum Gasteiger partial charge on any atom is -0.377 e. The molecular formula is C14H27N3O. The number of ether oxygens (including phenoxy) is 1. The molecule has 0 aliphatic carbocycles. The molecule has 2 unspecified atom stereocenters. The summed E-state index contributed by atoms with van der Waals surface area (Å²) in [5, 5.41) is 3.38. The molecule has 1 rings (SSSR count). The summed E-state index contributed by atoms with van der Waals surface area (Å²) in [5.41, 5.74) is 0. The number of hydrogen-bond acceptors (Lipinski definition) is 3. The molecule has 0 aromatic carbocycles. The number of aryl methyl sites for hydroxylation is 1. The van der Waals surface area contributed by atoms with Gasteiger partial charge in [0.1, 0.15) is 5.82 Å². The first-order chi connectivity index (χ1) is 8.63. The number of hydrogen-bond donors (Lipinski definition) is 1. The van der Waals surface area contributed by atoms with Crippen LogP contribution in [0.1, 0.15) is 33.5 Å². The molecule has 2 atom stereocenters. The van der Waals surface area contributed by atoms with Crippen molar-refractivity contribution in [2.45, 2.75) is 52.8 Å². The van der Waals surface area contributed by atoms with Gasteiger partial charge in [-0.15, -0.1) is 0 Å². The minimum atomic E-state index is 0.224. The van der Waals surface area contributed by atoms with E-state index in [0.29, 0.717) is 12.0 Å². The van der Waals surface area contributed by atoms with Crippen LogP contribution in [0.5, 0.6) is 0 Å². The molecule has 1 aromatic rings. The molecule has 4 heteroatoms. The molecule has 1 aromatic heterocycles. The molecule has 4 nitrogen and oxygen atoms in total. The summed E-state index contributed by atoms with van der Waals surface area (Å²) >= 11 is 0. The van der Waals surface area contributed by atoms with Crippen LogP contribution < -0.4 is 5.32 Å². The number of nitrogens with zero attached hydrogens (tertiary/aromatic N) is 2. The summed E-state index contributed by atoms with van der Waals surface area (Å²) in [4.78, 5) is 4.44. The van der Waals surface area contributed by atoms with Crippen LogP contribution in [-0.4, -0.2) is 35.4 Å². The quantitative estimate of drug-likeness (QED) is 0.771. The van der Waals surface area contributed by atoms with Crippen molar-refractivity contribution in [3.63, 3.8) is 0 Å². The lowest BCUT2D eigenvalue weighted by Gasteiger charge is -2.29. The highest BCUT2D eigenvalue weighted by atomic mass is 16.5. The molecule has 0 fully saturated rings. The zero-order valence-electron chi connectivity index (χ0n) is 12.3. The van der Waals surface area contributed by atoms with Crippen LogP contribution in [0.2, 0.25) is 0 Å². The van der Waals surface area contributed by atoms with Crippen LogP contribution in [0.25, 0.3) is 0 Å². The van der Waals surface area contributed by atoms with E-state index in [9.17, 15) is 0 Å². The lowest BCUT2D eigenvalue weighted by molar-refractivity contribution is 0.00475. The maximum atomic E-state index is 5.88. The van der Waals surface area contributed by atoms with E-state index < -0.39 is 0 Å². The van der Waals surface area contributed by atoms with Gasteiger partial charge in [-0.3, -0.25) is 0 Å². The van der Waals surface area contributed by atoms with Gasteiger partial charge in [0, 0.05) is 38.0 Å². The van der Waals surface area contributed by atoms with E-state index in [2.05, 4.69) is 42.6 Å². The average molecular weight is 253 g/mol. The number of imidazole rings is 1. The topological polar surface area (TPSA) is 39.1 Å². The second-order valence-corrected chi connectivity index (χ2v) is 4.89. The molecular weight excluding hydrogens is 226 g/mol. The van der Waals surface area contributed by atoms with Crippen LogP contribution in [0.15, 0.2) is 12.4 Å². The number of likely N-dealkylation sites (N-methyl/N-ethyl adjacent to an activating group) is 1. The Morgan fingerprint density at radius 1 is 1.39 bits per heavy atom. The number of rotatable bonds is 8. The largest absolute Gasteiger partial charge is 0.377 e. The first-order valence-electron chi connectivity index (χ1n) is 6.92. The average Bonchev–Trinajstić information content (AvgIpc) is 2.80. The van der Waals surface area contributed by atoms with Crippen molar-refractivity contribution in [1.29, 1.82) is 0 Å². The van der Waals surface area contributed by atoms with Gasteiger partial charge in [0.25, 0.3) is 0 Å². The summed E-state index contributed by atoms with van der Waals surface area (Å²) < 4.78 is 8.07. The highest BCUT2D eigenvalue weighted by molar-refractivity contribution is 4.97. The maximum absolute atomic E-state index is 5.88. The predicted octanol–water partition coefficient (Wildman–Crippen LogP) is 2.09. The summed E-state index contributed by atoms with van der Waals surface area (Å²) in [7, 11) is 2.00. The Morgan fingerprint density at radius 3 is 2.61 bits per heavy atom. The SMILES string of the molecule is CCOC(C(C)C)C(Cc1nccn1CC)NC. The van der Waals surface area contributed by atoms with Crippen LogP contribution in [-0.2, 0) is 17.7 Å². The lowest BCUT2D eigenvalue weighted by Crippen LogP contribution is -2.44. The summed E-state index contributed by atoms with van der Waals surface area (Å²) in [6, 6.07) is 0.303. The Balaban J connectivity index is 2.76. The van der Waals surface area contributed by atoms with Crippen LogP contribution in [0.4, 0.5) is 0 Å². The fourth-order valence-electron chi connectivity index (χ4n) is 2.36. The van der Waals surface area contributed by atoms with E-state index in [-0.39, 0.29) is 6.10 Å². The third kappa shape index (κ3) is 3.82. The fraction of sp³-hybridized carbons (Fsp3) is 0.786. The zero-order valence-corrected chi connectivity index (χ0v) is 12.3. The van der Waals surface area contributed by atoms with Gasteiger partial charge < -0.3 is 14.6 Å². The molecule has 104 valence electrons. The Bertz CT molecular complexity index is 336. The van der Waals surface area contributed by atoms with Crippen molar-refractivity contribution in [3.05, 3.63) is 18.2 Å². The highest BCUT2D eigenvalue weighted by Crippen LogP contribution is 2.15. The molecule has 0 spiro atoms. The van der Waals surface area contributed by atoms with Crippen molar-refractivity contribution in [1.82, 2.24) is 14.9 Å². The van der Waals surface area contributed by atoms with Crippen LogP contribution in [0.3, 0.4) is 0 Å². The third-order valence-corrected chi connectivity index (χ3v) is 3.33. The molecule has 0 aliphatic rings. The van der Waals surface area contributed by atoms with Gasteiger partial charge in [0.2, 0.25) is 0 Å². The first-order valence-corrected chi connectivity index (χ1v) is 6.92. The lowest BCUT2D eigenvalue weighted by atomic mass is 9.96. The Morgan fingerprint density at radius 2 is 2.11 bits per heavy atom. The van der Waals surface area contributed by atoms with Crippen molar-refractivity contribution in [2.75, 3.05) is 13.7 Å². The molecule has 0 aliphatic heterocycles. The monoisotopic (exact) mass is 253 g/mol. The minimum absolute atomic E-state index is 0.224. The second-order valence-electron chi connectivity index (χ2n) is 4.89. The van der Waals surface area contributed by atoms with Crippen molar-refractivity contribution in [3.8, 4) is 0 Å². The van der Waals surface area contributed by atoms with Gasteiger partial charge in [0.15, 0.2) is 0 Å². The van der Waals surface area contributed by atoms with E-state index in [1.807, 2.05) is 19.4 Å². The number of aromatic nitrogens is 2. The summed E-state index contributed by atoms with van der Waals surface area (Å²) in [6.45, 7) is 10.3. The van der Waals surface area contributed by atoms with E-state index in [4.69, 9.17) is 4.74 Å². The molecule has 18 heavy (non-hydrogen) atoms. The maximum Gasteiger partial charge on any atom is 0.110 e. The van der Waals surface area contributed by atoms with Gasteiger partial charge in [-0.2, -0.15) is 0 Å². The Labute approximate surface area is 111 Å². The molecule has 0 saturated heterocycles. The van der Waals surface area contributed by atoms with Gasteiger partial charge in [-0.05, 0) is 26.8 Å². The second kappa shape index (κ2) is 7.54. The molecule has 0 saturated carbocycles. The van der Waals surface area contributed by atoms with Gasteiger partial charge in [-0.1, -0.05) is 13.8 Å². The standard InChI is InChI=1S/C14H27N3O/c1-6-17-9-8-16-13(17)10-12(15-5)14(11(3)4)18-7-2/h8-9,11-12,14-15H,6-7,10H2,1-5H3. The highest BCUT2D eigenvalue weighted by Gasteiger charge is 2.25. The Hall–Kier alpha value is -0.870. The molecule has 0 bridgehead atoms. The van der Waals surface area contributed by atoms with E-state index >= 15 is 0 Å². The molecule has 1 N–H and O–H groups in total. The fourth-order valence-corrected chi connectivity index (χ4v) is 2.36. The predicted molar refractivity (Wildman–Crippen MR) is 74.7 cm³/mol. The van der Waals surface area contributed by atoms with Crippen LogP contribution in [0, 0.1) is 5.92 Å². The smallest absolute Gasteiger partial charge is 0.110 e. The van der Waals surface area contributed by atoms with E-state index in [1.165, 1.54) is 0 Å². The molecule has 0 radical (unpaired) electrons. The summed E-state index contributed by atoms with van der Waals surface area (Å²) in [6.07, 6.45) is 5.03. The van der Waals surface area contributed by atoms with Crippen molar-refractivity contribution >= 4 is 0 Å². The molecule has 1 heterocycles. The van der Waals surface area contributed by atoms with Crippen molar-refractivity contribution < 1.29 is 4.74 Å². The van der Waals surface area contributed by atoms with Crippen molar-refractivity contribution in [2.24, 2.45) is 5.92 Å². The van der Waals surface area contributed by atoms with Gasteiger partial charge in [0.05, 0.1) is 6.10 Å². The van der Waals surface area contributed by atoms with E-state index in [0.717, 1.165) is 25.4 Å². The van der Waals surface area contributed by atoms with E-state index in [1.54, 1.807) is 0 Å². The van der Waals surface area contributed by atoms with Gasteiger partial charge >= 0.3 is 0 Å². The molecule has 0 amide bonds.